The normalized spacial score (nSPS) is 10.9. The number of carbonyl (C=O) groups excluding carboxylic acids is 1. The summed E-state index contributed by atoms with van der Waals surface area (Å²) in [7, 11) is 1.36. The van der Waals surface area contributed by atoms with Crippen molar-refractivity contribution in [3.63, 3.8) is 0 Å². The number of allylic oxidation sites excluding steroid dienone is 1. The third kappa shape index (κ3) is 4.07. The minimum atomic E-state index is -0.470. The molecular weight excluding hydrogens is 312 g/mol. The Morgan fingerprint density at radius 3 is 2.40 bits per heavy atom. The molecule has 0 saturated carbocycles. The molecule has 2 aromatic carbocycles. The molecule has 0 unspecified atom stereocenters. The monoisotopic (exact) mass is 332 g/mol. The van der Waals surface area contributed by atoms with Gasteiger partial charge in [0.15, 0.2) is 0 Å². The van der Waals surface area contributed by atoms with E-state index in [1.54, 1.807) is 6.26 Å². The zero-order valence-electron chi connectivity index (χ0n) is 14.1. The van der Waals surface area contributed by atoms with Crippen LogP contribution in [0.15, 0.2) is 77.4 Å². The van der Waals surface area contributed by atoms with Gasteiger partial charge in [-0.1, -0.05) is 72.8 Å². The molecule has 0 spiro atoms. The van der Waals surface area contributed by atoms with Crippen molar-refractivity contribution in [1.82, 2.24) is 0 Å². The van der Waals surface area contributed by atoms with E-state index in [-0.39, 0.29) is 5.76 Å². The molecule has 0 N–H and O–H groups in total. The van der Waals surface area contributed by atoms with Gasteiger partial charge in [-0.2, -0.15) is 0 Å². The van der Waals surface area contributed by atoms with Crippen LogP contribution >= 0.6 is 0 Å². The maximum absolute atomic E-state index is 12.0. The Kier molecular flexibility index (Phi) is 5.47. The highest BCUT2D eigenvalue weighted by Crippen LogP contribution is 2.31. The van der Waals surface area contributed by atoms with E-state index in [9.17, 15) is 4.79 Å². The van der Waals surface area contributed by atoms with Gasteiger partial charge in [0.05, 0.1) is 13.4 Å². The van der Waals surface area contributed by atoms with Gasteiger partial charge in [-0.3, -0.25) is 0 Å². The van der Waals surface area contributed by atoms with Gasteiger partial charge in [0.1, 0.15) is 0 Å². The Morgan fingerprint density at radius 2 is 1.72 bits per heavy atom. The lowest BCUT2D eigenvalue weighted by molar-refractivity contribution is 0.0566. The Bertz CT molecular complexity index is 845. The molecule has 3 aromatic rings. The number of furan rings is 1. The van der Waals surface area contributed by atoms with Crippen LogP contribution in [0.5, 0.6) is 0 Å². The van der Waals surface area contributed by atoms with Crippen LogP contribution in [0.25, 0.3) is 17.2 Å². The van der Waals surface area contributed by atoms with Crippen molar-refractivity contribution < 1.29 is 13.9 Å². The zero-order valence-corrected chi connectivity index (χ0v) is 14.1. The molecule has 3 nitrogen and oxygen atoms in total. The van der Waals surface area contributed by atoms with Crippen molar-refractivity contribution in [3.8, 4) is 11.1 Å². The molecule has 126 valence electrons. The second kappa shape index (κ2) is 8.15. The summed E-state index contributed by atoms with van der Waals surface area (Å²) in [5, 5.41) is 0. The minimum absolute atomic E-state index is 0.233. The van der Waals surface area contributed by atoms with Crippen molar-refractivity contribution in [2.75, 3.05) is 7.11 Å². The molecular formula is C22H20O3. The number of carbonyl (C=O) groups is 1. The number of hydrogen-bond acceptors (Lipinski definition) is 3. The van der Waals surface area contributed by atoms with Gasteiger partial charge in [-0.05, 0) is 24.0 Å². The van der Waals surface area contributed by atoms with E-state index in [1.807, 2.05) is 54.6 Å². The Balaban J connectivity index is 1.82. The van der Waals surface area contributed by atoms with E-state index < -0.39 is 5.97 Å². The molecule has 1 heterocycles. The number of esters is 1. The van der Waals surface area contributed by atoms with Gasteiger partial charge < -0.3 is 9.15 Å². The van der Waals surface area contributed by atoms with E-state index in [0.29, 0.717) is 0 Å². The van der Waals surface area contributed by atoms with Crippen LogP contribution in [0.3, 0.4) is 0 Å². The summed E-state index contributed by atoms with van der Waals surface area (Å²) < 4.78 is 10.3. The van der Waals surface area contributed by atoms with E-state index in [1.165, 1.54) is 12.7 Å². The van der Waals surface area contributed by atoms with Crippen molar-refractivity contribution in [2.45, 2.75) is 12.8 Å². The number of methoxy groups -OCH3 is 1. The molecule has 0 fully saturated rings. The number of aryl methyl sites for hydroxylation is 1. The summed E-state index contributed by atoms with van der Waals surface area (Å²) in [6, 6.07) is 20.1. The van der Waals surface area contributed by atoms with Crippen LogP contribution in [-0.2, 0) is 11.2 Å². The fourth-order valence-corrected chi connectivity index (χ4v) is 2.74. The van der Waals surface area contributed by atoms with Gasteiger partial charge in [-0.15, -0.1) is 0 Å². The quantitative estimate of drug-likeness (QED) is 0.569. The summed E-state index contributed by atoms with van der Waals surface area (Å²) in [6.45, 7) is 0. The first-order valence-electron chi connectivity index (χ1n) is 8.25. The second-order valence-electron chi connectivity index (χ2n) is 5.68. The van der Waals surface area contributed by atoms with E-state index in [0.717, 1.165) is 29.5 Å². The number of benzene rings is 2. The third-order valence-electron chi connectivity index (χ3n) is 3.99. The lowest BCUT2D eigenvalue weighted by Crippen LogP contribution is -2.01. The van der Waals surface area contributed by atoms with Crippen LogP contribution in [-0.4, -0.2) is 13.1 Å². The van der Waals surface area contributed by atoms with Crippen molar-refractivity contribution in [1.29, 1.82) is 0 Å². The van der Waals surface area contributed by atoms with Gasteiger partial charge in [0.25, 0.3) is 0 Å². The van der Waals surface area contributed by atoms with Crippen LogP contribution in [0, 0.1) is 0 Å². The van der Waals surface area contributed by atoms with Crippen molar-refractivity contribution >= 4 is 12.0 Å². The van der Waals surface area contributed by atoms with Crippen LogP contribution in [0.1, 0.15) is 28.1 Å². The smallest absolute Gasteiger partial charge is 0.374 e. The molecule has 3 heteroatoms. The lowest BCUT2D eigenvalue weighted by atomic mass is 10.0. The fraction of sp³-hybridized carbons (Fsp3) is 0.136. The molecule has 0 aliphatic carbocycles. The number of ether oxygens (including phenoxy) is 1. The predicted octanol–water partition coefficient (Wildman–Crippen LogP) is 5.38. The summed E-state index contributed by atoms with van der Waals surface area (Å²) in [5.41, 5.74) is 3.88. The van der Waals surface area contributed by atoms with E-state index >= 15 is 0 Å². The van der Waals surface area contributed by atoms with Gasteiger partial charge >= 0.3 is 5.97 Å². The summed E-state index contributed by atoms with van der Waals surface area (Å²) in [6.07, 6.45) is 7.59. The van der Waals surface area contributed by atoms with Gasteiger partial charge in [0, 0.05) is 11.1 Å². The van der Waals surface area contributed by atoms with Gasteiger partial charge in [0.2, 0.25) is 5.76 Å². The molecule has 0 radical (unpaired) electrons. The summed E-state index contributed by atoms with van der Waals surface area (Å²) in [5.74, 6) is -0.237. The third-order valence-corrected chi connectivity index (χ3v) is 3.99. The molecule has 0 atom stereocenters. The molecule has 0 amide bonds. The average molecular weight is 332 g/mol. The minimum Gasteiger partial charge on any atom is -0.463 e. The summed E-state index contributed by atoms with van der Waals surface area (Å²) in [4.78, 5) is 12.0. The summed E-state index contributed by atoms with van der Waals surface area (Å²) >= 11 is 0. The zero-order chi connectivity index (χ0) is 17.5. The number of hydrogen-bond donors (Lipinski definition) is 0. The highest BCUT2D eigenvalue weighted by atomic mass is 16.5. The highest BCUT2D eigenvalue weighted by molar-refractivity contribution is 5.97. The average Bonchev–Trinajstić information content (AvgIpc) is 3.10. The van der Waals surface area contributed by atoms with Crippen LogP contribution in [0.2, 0.25) is 0 Å². The Hall–Kier alpha value is -3.07. The molecule has 0 saturated heterocycles. The van der Waals surface area contributed by atoms with Crippen LogP contribution in [0.4, 0.5) is 0 Å². The second-order valence-corrected chi connectivity index (χ2v) is 5.68. The first-order chi connectivity index (χ1) is 12.3. The van der Waals surface area contributed by atoms with Crippen LogP contribution < -0.4 is 0 Å². The molecule has 1 aromatic heterocycles. The molecule has 25 heavy (non-hydrogen) atoms. The largest absolute Gasteiger partial charge is 0.463 e. The first-order valence-corrected chi connectivity index (χ1v) is 8.25. The lowest BCUT2D eigenvalue weighted by Gasteiger charge is -2.03. The Morgan fingerprint density at radius 1 is 1.04 bits per heavy atom. The van der Waals surface area contributed by atoms with Crippen molar-refractivity contribution in [3.05, 3.63) is 89.9 Å². The molecule has 0 aliphatic rings. The van der Waals surface area contributed by atoms with Gasteiger partial charge in [-0.25, -0.2) is 4.79 Å². The molecule has 0 aliphatic heterocycles. The standard InChI is InChI=1S/C22H20O3/c1-24-22(23)21-20(18-13-6-3-7-14-18)19(16-25-21)15-9-8-12-17-10-4-2-5-11-17/h2-7,9-11,13-16H,8,12H2,1H3/b15-9+. The SMILES string of the molecule is COC(=O)c1occ(/C=C/CCc2ccccc2)c1-c1ccccc1. The molecule has 0 bridgehead atoms. The number of rotatable bonds is 6. The molecule has 3 rings (SSSR count). The first kappa shape index (κ1) is 16.8. The topological polar surface area (TPSA) is 39.4 Å². The fourth-order valence-electron chi connectivity index (χ4n) is 2.74. The highest BCUT2D eigenvalue weighted by Gasteiger charge is 2.20. The maximum atomic E-state index is 12.0. The Labute approximate surface area is 147 Å². The van der Waals surface area contributed by atoms with E-state index in [2.05, 4.69) is 18.2 Å². The van der Waals surface area contributed by atoms with Crippen molar-refractivity contribution in [2.24, 2.45) is 0 Å². The van der Waals surface area contributed by atoms with E-state index in [4.69, 9.17) is 9.15 Å². The predicted molar refractivity (Wildman–Crippen MR) is 99.3 cm³/mol. The maximum Gasteiger partial charge on any atom is 0.374 e.